The van der Waals surface area contributed by atoms with Gasteiger partial charge in [-0.05, 0) is 46.2 Å². The molecule has 9 heteroatoms. The van der Waals surface area contributed by atoms with Gasteiger partial charge < -0.3 is 19.4 Å². The van der Waals surface area contributed by atoms with Crippen molar-refractivity contribution in [3.63, 3.8) is 0 Å². The number of ether oxygens (including phenoxy) is 2. The predicted octanol–water partition coefficient (Wildman–Crippen LogP) is 1.91. The van der Waals surface area contributed by atoms with Crippen LogP contribution in [0.4, 0.5) is 4.79 Å². The lowest BCUT2D eigenvalue weighted by Gasteiger charge is -2.42. The molecule has 0 radical (unpaired) electrons. The number of carbonyl (C=O) groups excluding carboxylic acids is 1. The average molecular weight is 431 g/mol. The van der Waals surface area contributed by atoms with Gasteiger partial charge in [-0.2, -0.15) is 0 Å². The van der Waals surface area contributed by atoms with Crippen molar-refractivity contribution in [2.24, 2.45) is 0 Å². The second-order valence-corrected chi connectivity index (χ2v) is 9.17. The van der Waals surface area contributed by atoms with Gasteiger partial charge in [0.15, 0.2) is 0 Å². The monoisotopic (exact) mass is 430 g/mol. The van der Waals surface area contributed by atoms with Crippen LogP contribution in [-0.2, 0) is 17.8 Å². The molecule has 1 fully saturated rings. The fraction of sp³-hybridized carbons (Fsp3) is 0.591. The largest absolute Gasteiger partial charge is 0.493 e. The summed E-state index contributed by atoms with van der Waals surface area (Å²) in [5.74, 6) is 0.673. The Labute approximate surface area is 180 Å². The van der Waals surface area contributed by atoms with Crippen LogP contribution in [0.15, 0.2) is 21.7 Å². The number of H-pyrrole nitrogens is 1. The Morgan fingerprint density at radius 2 is 2.03 bits per heavy atom. The Morgan fingerprint density at radius 3 is 2.74 bits per heavy atom. The lowest BCUT2D eigenvalue weighted by Crippen LogP contribution is -2.55. The maximum atomic E-state index is 12.7. The van der Waals surface area contributed by atoms with E-state index in [-0.39, 0.29) is 17.7 Å². The number of rotatable bonds is 1. The standard InChI is InChI=1S/C22H30N4O5/c1-5-26-19(27)16-11-18-14(10-17(16)23-20(26)28)12-24-7-8-25(13-15(24)6-9-30-18)21(29)31-22(2,3)4/h10-11,15H,5-9,12-13H2,1-4H3,(H,23,28)/t15-/m0/s1. The third-order valence-corrected chi connectivity index (χ3v) is 5.82. The van der Waals surface area contributed by atoms with Crippen LogP contribution in [0.3, 0.4) is 0 Å². The van der Waals surface area contributed by atoms with Gasteiger partial charge in [-0.3, -0.25) is 14.3 Å². The van der Waals surface area contributed by atoms with Crippen LogP contribution in [0.25, 0.3) is 10.9 Å². The van der Waals surface area contributed by atoms with Gasteiger partial charge in [-0.25, -0.2) is 9.59 Å². The van der Waals surface area contributed by atoms with Crippen molar-refractivity contribution >= 4 is 17.0 Å². The maximum Gasteiger partial charge on any atom is 0.410 e. The second-order valence-electron chi connectivity index (χ2n) is 9.17. The molecular weight excluding hydrogens is 400 g/mol. The van der Waals surface area contributed by atoms with Gasteiger partial charge in [0.1, 0.15) is 11.4 Å². The number of aromatic amines is 1. The van der Waals surface area contributed by atoms with Gasteiger partial charge >= 0.3 is 11.8 Å². The molecule has 0 unspecified atom stereocenters. The van der Waals surface area contributed by atoms with Crippen molar-refractivity contribution < 1.29 is 14.3 Å². The molecule has 1 N–H and O–H groups in total. The summed E-state index contributed by atoms with van der Waals surface area (Å²) in [6, 6.07) is 3.74. The van der Waals surface area contributed by atoms with Gasteiger partial charge in [0.2, 0.25) is 0 Å². The maximum absolute atomic E-state index is 12.7. The molecule has 168 valence electrons. The third-order valence-electron chi connectivity index (χ3n) is 5.82. The van der Waals surface area contributed by atoms with Gasteiger partial charge in [-0.15, -0.1) is 0 Å². The van der Waals surface area contributed by atoms with E-state index in [4.69, 9.17) is 9.47 Å². The highest BCUT2D eigenvalue weighted by molar-refractivity contribution is 5.80. The van der Waals surface area contributed by atoms with E-state index in [1.165, 1.54) is 4.57 Å². The van der Waals surface area contributed by atoms with Crippen molar-refractivity contribution in [1.29, 1.82) is 0 Å². The first-order valence-electron chi connectivity index (χ1n) is 10.8. The Kier molecular flexibility index (Phi) is 5.55. The Hall–Kier alpha value is -2.81. The minimum atomic E-state index is -0.522. The molecule has 1 aromatic heterocycles. The van der Waals surface area contributed by atoms with Crippen LogP contribution in [0.2, 0.25) is 0 Å². The first-order valence-corrected chi connectivity index (χ1v) is 10.8. The molecule has 31 heavy (non-hydrogen) atoms. The summed E-state index contributed by atoms with van der Waals surface area (Å²) in [7, 11) is 0. The van der Waals surface area contributed by atoms with Crippen molar-refractivity contribution in [2.45, 2.75) is 58.8 Å². The minimum absolute atomic E-state index is 0.150. The van der Waals surface area contributed by atoms with Gasteiger partial charge in [0, 0.05) is 44.3 Å². The van der Waals surface area contributed by atoms with Gasteiger partial charge in [-0.1, -0.05) is 0 Å². The van der Waals surface area contributed by atoms with E-state index in [2.05, 4.69) is 9.88 Å². The zero-order chi connectivity index (χ0) is 22.3. The van der Waals surface area contributed by atoms with E-state index < -0.39 is 11.3 Å². The molecule has 1 aromatic carbocycles. The van der Waals surface area contributed by atoms with E-state index >= 15 is 0 Å². The van der Waals surface area contributed by atoms with Crippen molar-refractivity contribution in [3.8, 4) is 5.75 Å². The summed E-state index contributed by atoms with van der Waals surface area (Å²) in [5, 5.41) is 0.451. The van der Waals surface area contributed by atoms with E-state index in [1.807, 2.05) is 26.8 Å². The smallest absolute Gasteiger partial charge is 0.410 e. The fourth-order valence-corrected chi connectivity index (χ4v) is 4.26. The van der Waals surface area contributed by atoms with Gasteiger partial charge in [0.05, 0.1) is 17.5 Å². The number of hydrogen-bond donors (Lipinski definition) is 1. The quantitative estimate of drug-likeness (QED) is 0.742. The number of nitrogens with zero attached hydrogens (tertiary/aromatic N) is 3. The van der Waals surface area contributed by atoms with Crippen LogP contribution in [0.1, 0.15) is 39.7 Å². The molecule has 1 atom stereocenters. The molecule has 1 amide bonds. The number of carbonyl (C=O) groups is 1. The van der Waals surface area contributed by atoms with E-state index in [1.54, 1.807) is 17.9 Å². The van der Waals surface area contributed by atoms with Crippen LogP contribution in [0, 0.1) is 0 Å². The first kappa shape index (κ1) is 21.4. The SMILES string of the molecule is CCn1c(=O)[nH]c2cc3c(cc2c1=O)OCC[C@H]1CN(C(=O)OC(C)(C)C)CCN1C3. The van der Waals surface area contributed by atoms with Crippen molar-refractivity contribution in [3.05, 3.63) is 38.5 Å². The van der Waals surface area contributed by atoms with Crippen LogP contribution in [-0.4, -0.2) is 63.3 Å². The molecule has 2 aromatic rings. The molecule has 1 saturated heterocycles. The Morgan fingerprint density at radius 1 is 1.26 bits per heavy atom. The fourth-order valence-electron chi connectivity index (χ4n) is 4.26. The first-order chi connectivity index (χ1) is 14.7. The number of benzene rings is 1. The second kappa shape index (κ2) is 8.03. The predicted molar refractivity (Wildman–Crippen MR) is 117 cm³/mol. The molecule has 4 rings (SSSR count). The van der Waals surface area contributed by atoms with E-state index in [9.17, 15) is 14.4 Å². The van der Waals surface area contributed by atoms with Crippen LogP contribution < -0.4 is 16.0 Å². The zero-order valence-electron chi connectivity index (χ0n) is 18.6. The topological polar surface area (TPSA) is 96.9 Å². The minimum Gasteiger partial charge on any atom is -0.493 e. The lowest BCUT2D eigenvalue weighted by molar-refractivity contribution is -0.00192. The zero-order valence-corrected chi connectivity index (χ0v) is 18.6. The summed E-state index contributed by atoms with van der Waals surface area (Å²) < 4.78 is 12.7. The molecule has 0 aliphatic carbocycles. The molecule has 3 heterocycles. The molecule has 0 saturated carbocycles. The van der Waals surface area contributed by atoms with Crippen LogP contribution >= 0.6 is 0 Å². The van der Waals surface area contributed by atoms with Crippen molar-refractivity contribution in [2.75, 3.05) is 26.2 Å². The van der Waals surface area contributed by atoms with Crippen LogP contribution in [0.5, 0.6) is 5.75 Å². The number of aromatic nitrogens is 2. The number of fused-ring (bicyclic) bond motifs is 3. The lowest BCUT2D eigenvalue weighted by atomic mass is 10.0. The van der Waals surface area contributed by atoms with E-state index in [0.717, 1.165) is 18.5 Å². The van der Waals surface area contributed by atoms with Crippen molar-refractivity contribution in [1.82, 2.24) is 19.4 Å². The average Bonchev–Trinajstić information content (AvgIpc) is 2.67. The normalized spacial score (nSPS) is 19.7. The summed E-state index contributed by atoms with van der Waals surface area (Å²) in [6.45, 7) is 10.7. The highest BCUT2D eigenvalue weighted by Gasteiger charge is 2.33. The molecular formula is C22H30N4O5. The van der Waals surface area contributed by atoms with Gasteiger partial charge in [0.25, 0.3) is 5.56 Å². The third kappa shape index (κ3) is 4.32. The molecule has 2 aliphatic rings. The number of amides is 1. The summed E-state index contributed by atoms with van der Waals surface area (Å²) in [5.41, 5.74) is 0.207. The summed E-state index contributed by atoms with van der Waals surface area (Å²) >= 11 is 0. The summed E-state index contributed by atoms with van der Waals surface area (Å²) in [6.07, 6.45) is 0.480. The Balaban J connectivity index is 1.60. The number of piperazine rings is 1. The Bertz CT molecular complexity index is 1110. The summed E-state index contributed by atoms with van der Waals surface area (Å²) in [4.78, 5) is 44.3. The highest BCUT2D eigenvalue weighted by atomic mass is 16.6. The number of nitrogens with one attached hydrogen (secondary N) is 1. The highest BCUT2D eigenvalue weighted by Crippen LogP contribution is 2.29. The molecule has 9 nitrogen and oxygen atoms in total. The molecule has 0 spiro atoms. The molecule has 0 bridgehead atoms. The van der Waals surface area contributed by atoms with E-state index in [0.29, 0.717) is 49.4 Å². The molecule has 2 aliphatic heterocycles. The number of hydrogen-bond acceptors (Lipinski definition) is 6.